The zero-order valence-electron chi connectivity index (χ0n) is 12.0. The second kappa shape index (κ2) is 6.75. The van der Waals surface area contributed by atoms with Crippen LogP contribution in [0.3, 0.4) is 0 Å². The number of amides is 1. The van der Waals surface area contributed by atoms with Crippen LogP contribution in [0, 0.1) is 11.3 Å². The molecule has 0 aromatic heterocycles. The van der Waals surface area contributed by atoms with Crippen LogP contribution in [0.15, 0.2) is 5.16 Å². The van der Waals surface area contributed by atoms with Crippen LogP contribution in [0.25, 0.3) is 0 Å². The van der Waals surface area contributed by atoms with E-state index in [-0.39, 0.29) is 11.7 Å². The summed E-state index contributed by atoms with van der Waals surface area (Å²) in [5.74, 6) is 0.551. The van der Waals surface area contributed by atoms with Crippen molar-refractivity contribution in [3.8, 4) is 0 Å². The third-order valence-corrected chi connectivity index (χ3v) is 3.60. The minimum absolute atomic E-state index is 0.0127. The van der Waals surface area contributed by atoms with Gasteiger partial charge in [-0.15, -0.1) is 0 Å². The van der Waals surface area contributed by atoms with E-state index >= 15 is 0 Å². The average Bonchev–Trinajstić information content (AvgIpc) is 2.33. The third-order valence-electron chi connectivity index (χ3n) is 3.60. The number of ether oxygens (including phenoxy) is 1. The van der Waals surface area contributed by atoms with Gasteiger partial charge >= 0.3 is 0 Å². The summed E-state index contributed by atoms with van der Waals surface area (Å²) >= 11 is 0. The van der Waals surface area contributed by atoms with E-state index in [2.05, 4.69) is 10.5 Å². The largest absolute Gasteiger partial charge is 0.409 e. The lowest BCUT2D eigenvalue weighted by Crippen LogP contribution is -2.43. The van der Waals surface area contributed by atoms with Gasteiger partial charge in [0, 0.05) is 25.0 Å². The molecule has 19 heavy (non-hydrogen) atoms. The van der Waals surface area contributed by atoms with Gasteiger partial charge in [-0.25, -0.2) is 0 Å². The predicted molar refractivity (Wildman–Crippen MR) is 73.0 cm³/mol. The summed E-state index contributed by atoms with van der Waals surface area (Å²) in [7, 11) is 0. The van der Waals surface area contributed by atoms with Gasteiger partial charge in [0.2, 0.25) is 5.91 Å². The molecular weight excluding hydrogens is 246 g/mol. The molecule has 1 aliphatic rings. The maximum Gasteiger partial charge on any atom is 0.220 e. The van der Waals surface area contributed by atoms with Gasteiger partial charge < -0.3 is 21.0 Å². The Hall–Kier alpha value is -1.30. The molecule has 0 aliphatic heterocycles. The van der Waals surface area contributed by atoms with Gasteiger partial charge in [-0.1, -0.05) is 19.0 Å². The summed E-state index contributed by atoms with van der Waals surface area (Å²) < 4.78 is 5.46. The average molecular weight is 271 g/mol. The molecule has 1 amide bonds. The van der Waals surface area contributed by atoms with Gasteiger partial charge in [-0.05, 0) is 25.7 Å². The maximum absolute atomic E-state index is 11.8. The van der Waals surface area contributed by atoms with Crippen molar-refractivity contribution in [3.05, 3.63) is 0 Å². The summed E-state index contributed by atoms with van der Waals surface area (Å²) in [5.41, 5.74) is 5.02. The Morgan fingerprint density at radius 2 is 2.16 bits per heavy atom. The highest BCUT2D eigenvalue weighted by molar-refractivity contribution is 5.86. The van der Waals surface area contributed by atoms with Crippen molar-refractivity contribution in [2.75, 3.05) is 13.2 Å². The van der Waals surface area contributed by atoms with Gasteiger partial charge in [0.25, 0.3) is 0 Å². The molecular formula is C13H25N3O3. The van der Waals surface area contributed by atoms with Gasteiger partial charge in [0.1, 0.15) is 5.84 Å². The van der Waals surface area contributed by atoms with Crippen molar-refractivity contribution in [1.29, 1.82) is 0 Å². The summed E-state index contributed by atoms with van der Waals surface area (Å²) in [6, 6.07) is 0. The molecule has 0 heterocycles. The van der Waals surface area contributed by atoms with Gasteiger partial charge in [-0.2, -0.15) is 0 Å². The first-order valence-electron chi connectivity index (χ1n) is 6.75. The number of amidine groups is 1. The topological polar surface area (TPSA) is 96.9 Å². The van der Waals surface area contributed by atoms with E-state index in [4.69, 9.17) is 15.7 Å². The molecule has 0 bridgehead atoms. The highest BCUT2D eigenvalue weighted by Crippen LogP contribution is 2.32. The molecule has 1 saturated carbocycles. The normalized spacial score (nSPS) is 23.8. The van der Waals surface area contributed by atoms with E-state index in [0.717, 1.165) is 19.4 Å². The Morgan fingerprint density at radius 3 is 2.68 bits per heavy atom. The number of hydrogen-bond donors (Lipinski definition) is 3. The first-order chi connectivity index (χ1) is 8.89. The summed E-state index contributed by atoms with van der Waals surface area (Å²) in [5, 5.41) is 14.5. The number of nitrogens with two attached hydrogens (primary N) is 1. The number of nitrogens with zero attached hydrogens (tertiary/aromatic N) is 1. The molecule has 0 radical (unpaired) electrons. The lowest BCUT2D eigenvalue weighted by atomic mass is 9.80. The molecule has 110 valence electrons. The Balaban J connectivity index is 2.23. The number of carbonyl (C=O) groups is 1. The lowest BCUT2D eigenvalue weighted by Gasteiger charge is -2.34. The fourth-order valence-electron chi connectivity index (χ4n) is 2.09. The van der Waals surface area contributed by atoms with Gasteiger partial charge in [0.15, 0.2) is 0 Å². The van der Waals surface area contributed by atoms with Crippen molar-refractivity contribution >= 4 is 11.7 Å². The Morgan fingerprint density at radius 1 is 1.53 bits per heavy atom. The quantitative estimate of drug-likeness (QED) is 0.279. The summed E-state index contributed by atoms with van der Waals surface area (Å²) in [6.45, 7) is 6.71. The first kappa shape index (κ1) is 15.8. The minimum atomic E-state index is -0.544. The Labute approximate surface area is 114 Å². The molecule has 6 heteroatoms. The first-order valence-corrected chi connectivity index (χ1v) is 6.75. The monoisotopic (exact) mass is 271 g/mol. The van der Waals surface area contributed by atoms with Gasteiger partial charge in [0.05, 0.1) is 6.10 Å². The molecule has 1 fully saturated rings. The van der Waals surface area contributed by atoms with E-state index in [0.29, 0.717) is 25.0 Å². The third kappa shape index (κ3) is 4.70. The molecule has 0 unspecified atom stereocenters. The number of carbonyl (C=O) groups excluding carboxylic acids is 1. The van der Waals surface area contributed by atoms with Crippen LogP contribution >= 0.6 is 0 Å². The molecule has 6 nitrogen and oxygen atoms in total. The fourth-order valence-corrected chi connectivity index (χ4v) is 2.09. The highest BCUT2D eigenvalue weighted by atomic mass is 16.5. The Bertz CT molecular complexity index is 336. The Kier molecular flexibility index (Phi) is 5.60. The number of oxime groups is 1. The molecule has 0 atom stereocenters. The van der Waals surface area contributed by atoms with Crippen molar-refractivity contribution < 1.29 is 14.7 Å². The molecule has 0 saturated heterocycles. The second-order valence-electron chi connectivity index (χ2n) is 5.76. The predicted octanol–water partition coefficient (Wildman–Crippen LogP) is 1.08. The SMILES string of the molecule is CCOC1CC(CC(=O)NCC(C)(C)C(N)=NO)C1. The number of rotatable bonds is 7. The highest BCUT2D eigenvalue weighted by Gasteiger charge is 2.31. The van der Waals surface area contributed by atoms with E-state index in [1.54, 1.807) is 0 Å². The van der Waals surface area contributed by atoms with Crippen LogP contribution in [-0.2, 0) is 9.53 Å². The van der Waals surface area contributed by atoms with Gasteiger partial charge in [-0.3, -0.25) is 4.79 Å². The zero-order chi connectivity index (χ0) is 14.5. The van der Waals surface area contributed by atoms with Crippen molar-refractivity contribution in [2.45, 2.75) is 46.1 Å². The maximum atomic E-state index is 11.8. The molecule has 0 aromatic rings. The molecule has 1 aliphatic carbocycles. The van der Waals surface area contributed by atoms with E-state index in [1.165, 1.54) is 0 Å². The summed E-state index contributed by atoms with van der Waals surface area (Å²) in [4.78, 5) is 11.8. The smallest absolute Gasteiger partial charge is 0.220 e. The number of hydrogen-bond acceptors (Lipinski definition) is 4. The van der Waals surface area contributed by atoms with E-state index in [1.807, 2.05) is 20.8 Å². The van der Waals surface area contributed by atoms with Crippen LogP contribution in [0.2, 0.25) is 0 Å². The van der Waals surface area contributed by atoms with E-state index in [9.17, 15) is 4.79 Å². The zero-order valence-corrected chi connectivity index (χ0v) is 12.0. The van der Waals surface area contributed by atoms with Crippen molar-refractivity contribution in [3.63, 3.8) is 0 Å². The molecule has 1 rings (SSSR count). The standard InChI is InChI=1S/C13H25N3O3/c1-4-19-10-5-9(6-10)7-11(17)15-8-13(2,3)12(14)16-18/h9-10,18H,4-8H2,1-3H3,(H2,14,16)(H,15,17). The van der Waals surface area contributed by atoms with Crippen molar-refractivity contribution in [1.82, 2.24) is 5.32 Å². The van der Waals surface area contributed by atoms with Crippen LogP contribution in [0.5, 0.6) is 0 Å². The van der Waals surface area contributed by atoms with Crippen LogP contribution in [0.1, 0.15) is 40.0 Å². The fraction of sp³-hybridized carbons (Fsp3) is 0.846. The van der Waals surface area contributed by atoms with Crippen molar-refractivity contribution in [2.24, 2.45) is 22.2 Å². The van der Waals surface area contributed by atoms with Crippen LogP contribution < -0.4 is 11.1 Å². The molecule has 0 aromatic carbocycles. The second-order valence-corrected chi connectivity index (χ2v) is 5.76. The number of nitrogens with one attached hydrogen (secondary N) is 1. The summed E-state index contributed by atoms with van der Waals surface area (Å²) in [6.07, 6.45) is 2.78. The van der Waals surface area contributed by atoms with E-state index < -0.39 is 5.41 Å². The minimum Gasteiger partial charge on any atom is -0.409 e. The van der Waals surface area contributed by atoms with Crippen LogP contribution in [-0.4, -0.2) is 36.2 Å². The molecule has 0 spiro atoms. The lowest BCUT2D eigenvalue weighted by molar-refractivity contribution is -0.124. The van der Waals surface area contributed by atoms with Crippen LogP contribution in [0.4, 0.5) is 0 Å². The molecule has 4 N–H and O–H groups in total.